The Morgan fingerprint density at radius 3 is 1.96 bits per heavy atom. The molecule has 1 fully saturated rings. The van der Waals surface area contributed by atoms with Crippen molar-refractivity contribution in [1.82, 2.24) is 4.90 Å². The van der Waals surface area contributed by atoms with Crippen LogP contribution in [0.1, 0.15) is 116 Å². The number of alkyl halides is 1. The fraction of sp³-hybridized carbons (Fsp3) is 0.500. The standard InChI is InChI=1S/C16H25N.C14H18O2.C10H13FO/c1-13-5-6-15(11-14(13)2)12-17-9-7-16(3,4)8-10-17;1-9(2)7-14(16)12-5-6-13(11(4)15)10(3)8-12;1-8-4-6-9(7-5-8)12-10(2,3)11/h5-6,11H,7-10,12H2,1-4H3;5-6,8-9H,7H2,1-4H3;4-7H,1-3H3. The molecule has 45 heavy (non-hydrogen) atoms. The van der Waals surface area contributed by atoms with E-state index in [9.17, 15) is 14.0 Å². The predicted molar refractivity (Wildman–Crippen MR) is 186 cm³/mol. The minimum Gasteiger partial charge on any atom is -0.459 e. The highest BCUT2D eigenvalue weighted by Crippen LogP contribution is 2.30. The summed E-state index contributed by atoms with van der Waals surface area (Å²) in [6.45, 7) is 25.0. The number of carbonyl (C=O) groups is 2. The molecule has 1 aliphatic rings. The Kier molecular flexibility index (Phi) is 14.2. The first-order valence-corrected chi connectivity index (χ1v) is 16.2. The van der Waals surface area contributed by atoms with Crippen molar-refractivity contribution in [3.8, 4) is 5.75 Å². The van der Waals surface area contributed by atoms with Crippen LogP contribution in [-0.2, 0) is 6.54 Å². The van der Waals surface area contributed by atoms with Crippen molar-refractivity contribution in [1.29, 1.82) is 0 Å². The van der Waals surface area contributed by atoms with Gasteiger partial charge in [-0.05, 0) is 112 Å². The maximum atomic E-state index is 13.0. The number of hydrogen-bond acceptors (Lipinski definition) is 4. The quantitative estimate of drug-likeness (QED) is 0.236. The molecule has 4 nitrogen and oxygen atoms in total. The summed E-state index contributed by atoms with van der Waals surface area (Å²) in [6, 6.07) is 19.5. The van der Waals surface area contributed by atoms with E-state index in [1.54, 1.807) is 30.3 Å². The number of nitrogens with zero attached hydrogens (tertiary/aromatic N) is 1. The van der Waals surface area contributed by atoms with Crippen molar-refractivity contribution in [3.05, 3.63) is 99.6 Å². The Bertz CT molecular complexity index is 1390. The summed E-state index contributed by atoms with van der Waals surface area (Å²) >= 11 is 0. The van der Waals surface area contributed by atoms with Crippen LogP contribution in [0.4, 0.5) is 4.39 Å². The van der Waals surface area contributed by atoms with Gasteiger partial charge >= 0.3 is 0 Å². The fourth-order valence-electron chi connectivity index (χ4n) is 5.08. The van der Waals surface area contributed by atoms with Crippen molar-refractivity contribution < 1.29 is 18.7 Å². The Balaban J connectivity index is 0.000000239. The molecule has 3 aromatic carbocycles. The number of benzene rings is 3. The highest BCUT2D eigenvalue weighted by atomic mass is 19.2. The number of Topliss-reactive ketones (excluding diaryl/α,β-unsaturated/α-hetero) is 2. The van der Waals surface area contributed by atoms with E-state index in [2.05, 4.69) is 50.8 Å². The molecule has 0 saturated carbocycles. The van der Waals surface area contributed by atoms with E-state index in [1.807, 2.05) is 39.8 Å². The number of hydrogen-bond donors (Lipinski definition) is 0. The largest absolute Gasteiger partial charge is 0.459 e. The topological polar surface area (TPSA) is 46.6 Å². The van der Waals surface area contributed by atoms with Crippen molar-refractivity contribution >= 4 is 11.6 Å². The summed E-state index contributed by atoms with van der Waals surface area (Å²) in [5.41, 5.74) is 8.25. The summed E-state index contributed by atoms with van der Waals surface area (Å²) in [7, 11) is 0. The Hall–Kier alpha value is -3.31. The van der Waals surface area contributed by atoms with Crippen LogP contribution in [0.2, 0.25) is 0 Å². The molecular weight excluding hydrogens is 561 g/mol. The van der Waals surface area contributed by atoms with E-state index in [1.165, 1.54) is 63.4 Å². The van der Waals surface area contributed by atoms with Gasteiger partial charge in [0.05, 0.1) is 0 Å². The van der Waals surface area contributed by atoms with Crippen molar-refractivity contribution in [2.75, 3.05) is 13.1 Å². The second kappa shape index (κ2) is 16.8. The van der Waals surface area contributed by atoms with Crippen LogP contribution < -0.4 is 4.74 Å². The maximum Gasteiger partial charge on any atom is 0.242 e. The van der Waals surface area contributed by atoms with Gasteiger partial charge in [0.2, 0.25) is 5.85 Å². The Morgan fingerprint density at radius 1 is 0.867 bits per heavy atom. The smallest absolute Gasteiger partial charge is 0.242 e. The lowest BCUT2D eigenvalue weighted by atomic mass is 9.82. The zero-order chi connectivity index (χ0) is 33.9. The van der Waals surface area contributed by atoms with Gasteiger partial charge in [-0.15, -0.1) is 0 Å². The third-order valence-electron chi connectivity index (χ3n) is 8.09. The summed E-state index contributed by atoms with van der Waals surface area (Å²) in [5.74, 6) is -0.489. The Morgan fingerprint density at radius 2 is 1.47 bits per heavy atom. The molecule has 0 atom stereocenters. The number of aryl methyl sites for hydroxylation is 4. The number of ketones is 2. The molecular formula is C40H56FNO3. The summed E-state index contributed by atoms with van der Waals surface area (Å²) in [4.78, 5) is 25.6. The zero-order valence-electron chi connectivity index (χ0n) is 29.6. The van der Waals surface area contributed by atoms with E-state index < -0.39 is 5.85 Å². The molecule has 1 saturated heterocycles. The number of halogens is 1. The lowest BCUT2D eigenvalue weighted by molar-refractivity contribution is -0.0257. The molecule has 5 heteroatoms. The molecule has 0 aromatic heterocycles. The minimum atomic E-state index is -1.60. The molecule has 1 aliphatic heterocycles. The molecule has 246 valence electrons. The van der Waals surface area contributed by atoms with Gasteiger partial charge in [-0.1, -0.05) is 75.7 Å². The van der Waals surface area contributed by atoms with Crippen LogP contribution in [0.15, 0.2) is 60.7 Å². The number of carbonyl (C=O) groups excluding carboxylic acids is 2. The van der Waals surface area contributed by atoms with Crippen LogP contribution in [0.5, 0.6) is 5.75 Å². The van der Waals surface area contributed by atoms with Crippen LogP contribution >= 0.6 is 0 Å². The average Bonchev–Trinajstić information content (AvgIpc) is 2.92. The normalized spacial score (nSPS) is 14.5. The summed E-state index contributed by atoms with van der Waals surface area (Å²) in [6.07, 6.45) is 3.22. The molecule has 0 N–H and O–H groups in total. The van der Waals surface area contributed by atoms with Gasteiger partial charge in [0.25, 0.3) is 0 Å². The number of piperidine rings is 1. The van der Waals surface area contributed by atoms with Crippen LogP contribution in [0.3, 0.4) is 0 Å². The SMILES string of the molecule is CC(=O)c1ccc(C(=O)CC(C)C)cc1C.Cc1ccc(CN2CCC(C)(C)CC2)cc1C.Cc1ccc(OC(C)(C)F)cc1. The third-order valence-corrected chi connectivity index (χ3v) is 8.09. The second-order valence-electron chi connectivity index (χ2n) is 14.2. The minimum absolute atomic E-state index is 0.0420. The van der Waals surface area contributed by atoms with E-state index in [4.69, 9.17) is 4.74 Å². The molecule has 1 heterocycles. The third kappa shape index (κ3) is 14.1. The van der Waals surface area contributed by atoms with E-state index >= 15 is 0 Å². The monoisotopic (exact) mass is 617 g/mol. The Labute approximate surface area is 272 Å². The first kappa shape index (κ1) is 37.9. The van der Waals surface area contributed by atoms with Crippen molar-refractivity contribution in [3.63, 3.8) is 0 Å². The first-order chi connectivity index (χ1) is 20.8. The lowest BCUT2D eigenvalue weighted by Gasteiger charge is -2.37. The number of ether oxygens (including phenoxy) is 1. The van der Waals surface area contributed by atoms with Gasteiger partial charge in [-0.2, -0.15) is 4.39 Å². The maximum absolute atomic E-state index is 13.0. The highest BCUT2D eigenvalue weighted by molar-refractivity contribution is 5.99. The highest BCUT2D eigenvalue weighted by Gasteiger charge is 2.25. The van der Waals surface area contributed by atoms with E-state index in [0.29, 0.717) is 34.6 Å². The van der Waals surface area contributed by atoms with Gasteiger partial charge in [0, 0.05) is 37.9 Å². The zero-order valence-corrected chi connectivity index (χ0v) is 29.6. The molecule has 4 rings (SSSR count). The summed E-state index contributed by atoms with van der Waals surface area (Å²) < 4.78 is 17.9. The molecule has 0 radical (unpaired) electrons. The van der Waals surface area contributed by atoms with Gasteiger partial charge in [-0.25, -0.2) is 0 Å². The predicted octanol–water partition coefficient (Wildman–Crippen LogP) is 10.4. The summed E-state index contributed by atoms with van der Waals surface area (Å²) in [5, 5.41) is 0. The van der Waals surface area contributed by atoms with Gasteiger partial charge < -0.3 is 4.74 Å². The average molecular weight is 618 g/mol. The van der Waals surface area contributed by atoms with Gasteiger partial charge in [0.15, 0.2) is 11.6 Å². The lowest BCUT2D eigenvalue weighted by Crippen LogP contribution is -2.36. The molecule has 0 amide bonds. The number of rotatable bonds is 8. The van der Waals surface area contributed by atoms with Crippen molar-refractivity contribution in [2.24, 2.45) is 11.3 Å². The van der Waals surface area contributed by atoms with Gasteiger partial charge in [0.1, 0.15) is 5.75 Å². The second-order valence-corrected chi connectivity index (χ2v) is 14.2. The van der Waals surface area contributed by atoms with Gasteiger partial charge in [-0.3, -0.25) is 14.5 Å². The molecule has 0 spiro atoms. The molecule has 0 unspecified atom stereocenters. The molecule has 0 bridgehead atoms. The van der Waals surface area contributed by atoms with Crippen LogP contribution in [-0.4, -0.2) is 35.4 Å². The van der Waals surface area contributed by atoms with E-state index in [-0.39, 0.29) is 11.6 Å². The number of likely N-dealkylation sites (tertiary alicyclic amines) is 1. The fourth-order valence-corrected chi connectivity index (χ4v) is 5.08. The van der Waals surface area contributed by atoms with Crippen LogP contribution in [0.25, 0.3) is 0 Å². The molecule has 3 aromatic rings. The first-order valence-electron chi connectivity index (χ1n) is 16.2. The van der Waals surface area contributed by atoms with Crippen molar-refractivity contribution in [2.45, 2.75) is 108 Å². The van der Waals surface area contributed by atoms with E-state index in [0.717, 1.165) is 17.7 Å². The van der Waals surface area contributed by atoms with Crippen LogP contribution in [0, 0.1) is 39.0 Å². The molecule has 0 aliphatic carbocycles.